The average molecular weight is 249 g/mol. The Labute approximate surface area is 82.5 Å². The van der Waals surface area contributed by atoms with Crippen molar-refractivity contribution in [1.82, 2.24) is 4.31 Å². The molecule has 1 saturated heterocycles. The lowest BCUT2D eigenvalue weighted by atomic mass is 10.2. The van der Waals surface area contributed by atoms with E-state index in [1.54, 1.807) is 0 Å². The van der Waals surface area contributed by atoms with Crippen molar-refractivity contribution in [3.63, 3.8) is 0 Å². The van der Waals surface area contributed by atoms with Gasteiger partial charge in [0.2, 0.25) is 0 Å². The molecule has 0 aromatic carbocycles. The molecule has 1 fully saturated rings. The lowest BCUT2D eigenvalue weighted by molar-refractivity contribution is -0.142. The van der Waals surface area contributed by atoms with Crippen LogP contribution in [0.5, 0.6) is 0 Å². The zero-order valence-corrected chi connectivity index (χ0v) is 7.88. The normalized spacial score (nSPS) is 25.5. The van der Waals surface area contributed by atoms with Crippen molar-refractivity contribution >= 4 is 16.4 Å². The minimum Gasteiger partial charge on any atom is -0.464 e. The number of rotatable bonds is 1. The molecule has 88 valence electrons. The van der Waals surface area contributed by atoms with E-state index in [0.29, 0.717) is 0 Å². The second-order valence-corrected chi connectivity index (χ2v) is 4.28. The Morgan fingerprint density at radius 2 is 2.07 bits per heavy atom. The van der Waals surface area contributed by atoms with Crippen molar-refractivity contribution in [3.8, 4) is 0 Å². The molecule has 0 aliphatic carbocycles. The van der Waals surface area contributed by atoms with Crippen LogP contribution in [0.2, 0.25) is 0 Å². The molecule has 1 N–H and O–H groups in total. The SMILES string of the molecule is O=C(O)N1[C@@H](CC(F)(F)F)COS1(=O)=O. The van der Waals surface area contributed by atoms with E-state index in [9.17, 15) is 26.4 Å². The highest BCUT2D eigenvalue weighted by Gasteiger charge is 2.47. The predicted molar refractivity (Wildman–Crippen MR) is 39.2 cm³/mol. The van der Waals surface area contributed by atoms with Crippen LogP contribution in [0, 0.1) is 0 Å². The minimum absolute atomic E-state index is 0.319. The third kappa shape index (κ3) is 2.72. The molecule has 0 aromatic rings. The van der Waals surface area contributed by atoms with Gasteiger partial charge in [0.1, 0.15) is 0 Å². The molecule has 1 aliphatic heterocycles. The highest BCUT2D eigenvalue weighted by molar-refractivity contribution is 7.85. The third-order valence-electron chi connectivity index (χ3n) is 1.64. The van der Waals surface area contributed by atoms with E-state index in [-0.39, 0.29) is 4.31 Å². The topological polar surface area (TPSA) is 83.9 Å². The number of hydrogen-bond acceptors (Lipinski definition) is 4. The summed E-state index contributed by atoms with van der Waals surface area (Å²) in [6.45, 7) is -0.811. The molecule has 1 rings (SSSR count). The van der Waals surface area contributed by atoms with Gasteiger partial charge in [-0.05, 0) is 0 Å². The van der Waals surface area contributed by atoms with Gasteiger partial charge in [-0.1, -0.05) is 0 Å². The van der Waals surface area contributed by atoms with E-state index in [2.05, 4.69) is 4.18 Å². The number of alkyl halides is 3. The van der Waals surface area contributed by atoms with Crippen molar-refractivity contribution in [3.05, 3.63) is 0 Å². The second-order valence-electron chi connectivity index (χ2n) is 2.79. The highest BCUT2D eigenvalue weighted by Crippen LogP contribution is 2.29. The van der Waals surface area contributed by atoms with Crippen LogP contribution in [0.15, 0.2) is 0 Å². The smallest absolute Gasteiger partial charge is 0.423 e. The van der Waals surface area contributed by atoms with Gasteiger partial charge in [-0.3, -0.25) is 4.18 Å². The van der Waals surface area contributed by atoms with Crippen LogP contribution in [0.25, 0.3) is 0 Å². The number of halogens is 3. The maximum absolute atomic E-state index is 11.9. The molecule has 1 amide bonds. The van der Waals surface area contributed by atoms with Gasteiger partial charge in [0.05, 0.1) is 19.1 Å². The Balaban J connectivity index is 2.89. The van der Waals surface area contributed by atoms with Gasteiger partial charge >= 0.3 is 22.6 Å². The van der Waals surface area contributed by atoms with Crippen LogP contribution in [0.1, 0.15) is 6.42 Å². The first-order valence-corrected chi connectivity index (χ1v) is 4.98. The molecule has 1 heterocycles. The summed E-state index contributed by atoms with van der Waals surface area (Å²) in [5.41, 5.74) is 0. The minimum atomic E-state index is -4.65. The largest absolute Gasteiger partial charge is 0.464 e. The lowest BCUT2D eigenvalue weighted by Gasteiger charge is -2.18. The molecule has 1 aliphatic rings. The molecule has 0 spiro atoms. The summed E-state index contributed by atoms with van der Waals surface area (Å²) in [5, 5.41) is 8.42. The van der Waals surface area contributed by atoms with Gasteiger partial charge in [-0.2, -0.15) is 25.9 Å². The molecule has 0 bridgehead atoms. The first-order chi connectivity index (χ1) is 6.63. The molecule has 0 unspecified atom stereocenters. The summed E-state index contributed by atoms with van der Waals surface area (Å²) in [6, 6.07) is -1.74. The van der Waals surface area contributed by atoms with E-state index < -0.39 is 41.6 Å². The Morgan fingerprint density at radius 1 is 1.53 bits per heavy atom. The van der Waals surface area contributed by atoms with E-state index in [1.807, 2.05) is 0 Å². The molecule has 0 aromatic heterocycles. The molecule has 15 heavy (non-hydrogen) atoms. The molecule has 1 atom stereocenters. The molecule has 10 heteroatoms. The van der Waals surface area contributed by atoms with E-state index >= 15 is 0 Å². The Hall–Kier alpha value is -1.03. The fourth-order valence-electron chi connectivity index (χ4n) is 1.13. The molecular weight excluding hydrogens is 243 g/mol. The van der Waals surface area contributed by atoms with Crippen LogP contribution in [0.3, 0.4) is 0 Å². The zero-order valence-electron chi connectivity index (χ0n) is 7.06. The van der Waals surface area contributed by atoms with Crippen molar-refractivity contribution < 1.29 is 35.7 Å². The fraction of sp³-hybridized carbons (Fsp3) is 0.800. The first-order valence-electron chi connectivity index (χ1n) is 3.62. The molecule has 0 saturated carbocycles. The zero-order chi connectivity index (χ0) is 11.9. The number of hydrogen-bond donors (Lipinski definition) is 1. The summed E-state index contributed by atoms with van der Waals surface area (Å²) < 4.78 is 61.2. The summed E-state index contributed by atoms with van der Waals surface area (Å²) in [4.78, 5) is 10.4. The van der Waals surface area contributed by atoms with Gasteiger partial charge in [0.25, 0.3) is 0 Å². The summed E-state index contributed by atoms with van der Waals surface area (Å²) in [6.07, 6.45) is -8.19. The number of carboxylic acid groups (broad SMARTS) is 1. The van der Waals surface area contributed by atoms with E-state index in [4.69, 9.17) is 5.11 Å². The van der Waals surface area contributed by atoms with Crippen molar-refractivity contribution in [2.75, 3.05) is 6.61 Å². The Bertz CT molecular complexity index is 363. The highest BCUT2D eigenvalue weighted by atomic mass is 32.2. The molecular formula is C5H6F3NO5S. The van der Waals surface area contributed by atoms with Gasteiger partial charge in [-0.25, -0.2) is 4.79 Å². The predicted octanol–water partition coefficient (Wildman–Crippen LogP) is 0.562. The molecule has 0 radical (unpaired) electrons. The van der Waals surface area contributed by atoms with Crippen LogP contribution < -0.4 is 0 Å². The maximum Gasteiger partial charge on any atom is 0.423 e. The molecule has 6 nitrogen and oxygen atoms in total. The average Bonchev–Trinajstić information content (AvgIpc) is 2.22. The summed E-state index contributed by atoms with van der Waals surface area (Å²) in [5.74, 6) is 0. The van der Waals surface area contributed by atoms with E-state index in [0.717, 1.165) is 0 Å². The van der Waals surface area contributed by atoms with Gasteiger partial charge < -0.3 is 5.11 Å². The van der Waals surface area contributed by atoms with Crippen LogP contribution in [-0.4, -0.2) is 42.7 Å². The lowest BCUT2D eigenvalue weighted by Crippen LogP contribution is -2.40. The summed E-state index contributed by atoms with van der Waals surface area (Å²) in [7, 11) is -4.57. The fourth-order valence-corrected chi connectivity index (χ4v) is 2.27. The quantitative estimate of drug-likeness (QED) is 0.734. The van der Waals surface area contributed by atoms with Crippen molar-refractivity contribution in [1.29, 1.82) is 0 Å². The van der Waals surface area contributed by atoms with Crippen molar-refractivity contribution in [2.45, 2.75) is 18.6 Å². The van der Waals surface area contributed by atoms with Crippen LogP contribution in [0.4, 0.5) is 18.0 Å². The summed E-state index contributed by atoms with van der Waals surface area (Å²) >= 11 is 0. The first kappa shape index (κ1) is 12.0. The Morgan fingerprint density at radius 3 is 2.47 bits per heavy atom. The van der Waals surface area contributed by atoms with Crippen LogP contribution in [-0.2, 0) is 14.5 Å². The number of carbonyl (C=O) groups is 1. The van der Waals surface area contributed by atoms with Gasteiger partial charge in [-0.15, -0.1) is 0 Å². The second kappa shape index (κ2) is 3.52. The van der Waals surface area contributed by atoms with E-state index in [1.165, 1.54) is 0 Å². The van der Waals surface area contributed by atoms with Crippen LogP contribution >= 0.6 is 0 Å². The standard InChI is InChI=1S/C5H6F3NO5S/c6-5(7,8)1-3-2-14-15(12,13)9(3)4(10)11/h3H,1-2H2,(H,10,11)/t3-/m0/s1. The van der Waals surface area contributed by atoms with Crippen molar-refractivity contribution in [2.24, 2.45) is 0 Å². The monoisotopic (exact) mass is 249 g/mol. The van der Waals surface area contributed by atoms with Gasteiger partial charge in [0.15, 0.2) is 0 Å². The number of nitrogens with zero attached hydrogens (tertiary/aromatic N) is 1. The Kier molecular flexibility index (Phi) is 2.83. The number of amides is 1. The third-order valence-corrected chi connectivity index (χ3v) is 3.01. The van der Waals surface area contributed by atoms with Gasteiger partial charge in [0, 0.05) is 0 Å². The maximum atomic E-state index is 11.9.